The highest BCUT2D eigenvalue weighted by molar-refractivity contribution is 9.10. The summed E-state index contributed by atoms with van der Waals surface area (Å²) in [6.07, 6.45) is 1.64. The Morgan fingerprint density at radius 2 is 1.85 bits per heavy atom. The first kappa shape index (κ1) is 19.3. The van der Waals surface area contributed by atoms with E-state index in [-0.39, 0.29) is 12.5 Å². The number of aromatic nitrogens is 1. The second-order valence-corrected chi connectivity index (χ2v) is 6.98. The van der Waals surface area contributed by atoms with Crippen molar-refractivity contribution in [2.75, 3.05) is 13.2 Å². The summed E-state index contributed by atoms with van der Waals surface area (Å²) in [6.45, 7) is 3.38. The van der Waals surface area contributed by atoms with Crippen LogP contribution < -0.4 is 0 Å². The normalized spacial score (nSPS) is 10.9. The summed E-state index contributed by atoms with van der Waals surface area (Å²) in [4.78, 5) is 18.5. The van der Waals surface area contributed by atoms with Gasteiger partial charge in [0.25, 0.3) is 0 Å². The highest BCUT2D eigenvalue weighted by atomic mass is 79.9. The minimum Gasteiger partial charge on any atom is -0.465 e. The first-order chi connectivity index (χ1) is 13.1. The number of ether oxygens (including phenoxy) is 1. The zero-order valence-electron chi connectivity index (χ0n) is 15.1. The topological polar surface area (TPSA) is 55.6 Å². The van der Waals surface area contributed by atoms with Gasteiger partial charge in [0.2, 0.25) is 5.89 Å². The van der Waals surface area contributed by atoms with E-state index in [9.17, 15) is 4.79 Å². The van der Waals surface area contributed by atoms with Crippen LogP contribution in [0.25, 0.3) is 11.3 Å². The SMILES string of the molecule is CCOC(=O)CN(Cc1ccccc1)Cc1nc(-c2ccc(Br)cc2)co1. The highest BCUT2D eigenvalue weighted by Crippen LogP contribution is 2.22. The lowest BCUT2D eigenvalue weighted by atomic mass is 10.2. The number of oxazole rings is 1. The summed E-state index contributed by atoms with van der Waals surface area (Å²) in [7, 11) is 0. The maximum Gasteiger partial charge on any atom is 0.320 e. The van der Waals surface area contributed by atoms with E-state index in [2.05, 4.69) is 20.9 Å². The van der Waals surface area contributed by atoms with Gasteiger partial charge in [0.15, 0.2) is 0 Å². The van der Waals surface area contributed by atoms with Crippen molar-refractivity contribution in [2.24, 2.45) is 0 Å². The monoisotopic (exact) mass is 428 g/mol. The van der Waals surface area contributed by atoms with Crippen LogP contribution in [0.1, 0.15) is 18.4 Å². The van der Waals surface area contributed by atoms with Crippen LogP contribution in [-0.2, 0) is 22.6 Å². The summed E-state index contributed by atoms with van der Waals surface area (Å²) in [5.41, 5.74) is 2.86. The Morgan fingerprint density at radius 3 is 2.56 bits per heavy atom. The molecule has 1 heterocycles. The maximum atomic E-state index is 12.0. The lowest BCUT2D eigenvalue weighted by molar-refractivity contribution is -0.144. The van der Waals surface area contributed by atoms with E-state index in [0.29, 0.717) is 25.6 Å². The van der Waals surface area contributed by atoms with Gasteiger partial charge in [-0.15, -0.1) is 0 Å². The van der Waals surface area contributed by atoms with Crippen molar-refractivity contribution >= 4 is 21.9 Å². The largest absolute Gasteiger partial charge is 0.465 e. The van der Waals surface area contributed by atoms with Crippen LogP contribution in [0.3, 0.4) is 0 Å². The molecule has 0 spiro atoms. The van der Waals surface area contributed by atoms with Gasteiger partial charge in [0.1, 0.15) is 12.0 Å². The third kappa shape index (κ3) is 5.77. The van der Waals surface area contributed by atoms with Crippen molar-refractivity contribution in [2.45, 2.75) is 20.0 Å². The first-order valence-electron chi connectivity index (χ1n) is 8.76. The van der Waals surface area contributed by atoms with Gasteiger partial charge in [0.05, 0.1) is 19.7 Å². The zero-order chi connectivity index (χ0) is 19.1. The van der Waals surface area contributed by atoms with Crippen molar-refractivity contribution < 1.29 is 13.9 Å². The van der Waals surface area contributed by atoms with Gasteiger partial charge >= 0.3 is 5.97 Å². The van der Waals surface area contributed by atoms with Crippen molar-refractivity contribution in [3.8, 4) is 11.3 Å². The van der Waals surface area contributed by atoms with Gasteiger partial charge in [-0.25, -0.2) is 4.98 Å². The number of carbonyl (C=O) groups is 1. The first-order valence-corrected chi connectivity index (χ1v) is 9.55. The summed E-state index contributed by atoms with van der Waals surface area (Å²) in [6, 6.07) is 17.9. The van der Waals surface area contributed by atoms with Gasteiger partial charge in [-0.1, -0.05) is 58.4 Å². The zero-order valence-corrected chi connectivity index (χ0v) is 16.7. The van der Waals surface area contributed by atoms with Crippen molar-refractivity contribution in [1.29, 1.82) is 0 Å². The summed E-state index contributed by atoms with van der Waals surface area (Å²) >= 11 is 3.43. The molecule has 0 unspecified atom stereocenters. The number of benzene rings is 2. The van der Waals surface area contributed by atoms with E-state index >= 15 is 0 Å². The summed E-state index contributed by atoms with van der Waals surface area (Å²) < 4.78 is 11.8. The third-order valence-electron chi connectivity index (χ3n) is 3.96. The number of halogens is 1. The van der Waals surface area contributed by atoms with Crippen molar-refractivity contribution in [3.63, 3.8) is 0 Å². The number of hydrogen-bond donors (Lipinski definition) is 0. The molecule has 2 aromatic carbocycles. The second-order valence-electron chi connectivity index (χ2n) is 6.07. The smallest absolute Gasteiger partial charge is 0.320 e. The van der Waals surface area contributed by atoms with E-state index in [0.717, 1.165) is 21.3 Å². The van der Waals surface area contributed by atoms with Gasteiger partial charge < -0.3 is 9.15 Å². The lowest BCUT2D eigenvalue weighted by Gasteiger charge is -2.19. The fourth-order valence-corrected chi connectivity index (χ4v) is 2.99. The predicted molar refractivity (Wildman–Crippen MR) is 107 cm³/mol. The molecule has 0 saturated heterocycles. The van der Waals surface area contributed by atoms with Gasteiger partial charge in [-0.2, -0.15) is 0 Å². The van der Waals surface area contributed by atoms with Gasteiger partial charge in [0, 0.05) is 16.6 Å². The minimum atomic E-state index is -0.256. The predicted octanol–water partition coefficient (Wildman–Crippen LogP) is 4.67. The maximum absolute atomic E-state index is 12.0. The Labute approximate surface area is 167 Å². The minimum absolute atomic E-state index is 0.179. The molecule has 3 rings (SSSR count). The number of hydrogen-bond acceptors (Lipinski definition) is 5. The average Bonchev–Trinajstić information content (AvgIpc) is 3.11. The fourth-order valence-electron chi connectivity index (χ4n) is 2.73. The molecule has 0 aliphatic carbocycles. The van der Waals surface area contributed by atoms with E-state index in [1.807, 2.05) is 59.5 Å². The second kappa shape index (κ2) is 9.48. The molecule has 0 amide bonds. The third-order valence-corrected chi connectivity index (χ3v) is 4.49. The molecule has 0 atom stereocenters. The molecule has 0 saturated carbocycles. The summed E-state index contributed by atoms with van der Waals surface area (Å²) in [5.74, 6) is 0.307. The van der Waals surface area contributed by atoms with Crippen molar-refractivity contribution in [3.05, 3.63) is 76.8 Å². The Kier molecular flexibility index (Phi) is 6.79. The molecule has 0 bridgehead atoms. The Hall–Kier alpha value is -2.44. The highest BCUT2D eigenvalue weighted by Gasteiger charge is 2.16. The molecule has 0 aliphatic heterocycles. The number of esters is 1. The molecule has 27 heavy (non-hydrogen) atoms. The van der Waals surface area contributed by atoms with E-state index < -0.39 is 0 Å². The van der Waals surface area contributed by atoms with Crippen LogP contribution in [0, 0.1) is 0 Å². The molecular formula is C21H21BrN2O3. The standard InChI is InChI=1S/C21H21BrN2O3/c1-2-26-21(25)14-24(12-16-6-4-3-5-7-16)13-20-23-19(15-27-20)17-8-10-18(22)11-9-17/h3-11,15H,2,12-14H2,1H3. The van der Waals surface area contributed by atoms with Crippen LogP contribution in [-0.4, -0.2) is 29.0 Å². The van der Waals surface area contributed by atoms with Gasteiger partial charge in [-0.05, 0) is 24.6 Å². The molecule has 3 aromatic rings. The average molecular weight is 429 g/mol. The Bertz CT molecular complexity index is 863. The molecule has 1 aromatic heterocycles. The van der Waals surface area contributed by atoms with E-state index in [1.54, 1.807) is 13.2 Å². The van der Waals surface area contributed by atoms with Crippen LogP contribution >= 0.6 is 15.9 Å². The number of carbonyl (C=O) groups excluding carboxylic acids is 1. The fraction of sp³-hybridized carbons (Fsp3) is 0.238. The molecular weight excluding hydrogens is 408 g/mol. The molecule has 0 N–H and O–H groups in total. The molecule has 0 fully saturated rings. The van der Waals surface area contributed by atoms with Crippen LogP contribution in [0.2, 0.25) is 0 Å². The molecule has 5 nitrogen and oxygen atoms in total. The van der Waals surface area contributed by atoms with Gasteiger partial charge in [-0.3, -0.25) is 9.69 Å². The van der Waals surface area contributed by atoms with E-state index in [1.165, 1.54) is 0 Å². The molecule has 0 aliphatic rings. The Balaban J connectivity index is 1.72. The number of nitrogens with zero attached hydrogens (tertiary/aromatic N) is 2. The van der Waals surface area contributed by atoms with Crippen molar-refractivity contribution in [1.82, 2.24) is 9.88 Å². The molecule has 0 radical (unpaired) electrons. The van der Waals surface area contributed by atoms with Crippen LogP contribution in [0.15, 0.2) is 69.8 Å². The van der Waals surface area contributed by atoms with Crippen LogP contribution in [0.5, 0.6) is 0 Å². The van der Waals surface area contributed by atoms with Crippen LogP contribution in [0.4, 0.5) is 0 Å². The lowest BCUT2D eigenvalue weighted by Crippen LogP contribution is -2.30. The quantitative estimate of drug-likeness (QED) is 0.487. The summed E-state index contributed by atoms with van der Waals surface area (Å²) in [5, 5.41) is 0. The van der Waals surface area contributed by atoms with E-state index in [4.69, 9.17) is 9.15 Å². The number of rotatable bonds is 8. The Morgan fingerprint density at radius 1 is 1.11 bits per heavy atom. The molecule has 6 heteroatoms. The molecule has 140 valence electrons.